The van der Waals surface area contributed by atoms with Gasteiger partial charge in [-0.2, -0.15) is 0 Å². The summed E-state index contributed by atoms with van der Waals surface area (Å²) in [5.41, 5.74) is 0.577. The van der Waals surface area contributed by atoms with E-state index in [0.29, 0.717) is 11.3 Å². The molecular formula is C12H13N3O2S. The number of ketones is 1. The molecule has 0 aliphatic carbocycles. The average molecular weight is 263 g/mol. The highest BCUT2D eigenvalue weighted by atomic mass is 32.2. The molecule has 6 heteroatoms. The van der Waals surface area contributed by atoms with Crippen LogP contribution in [0.25, 0.3) is 0 Å². The van der Waals surface area contributed by atoms with E-state index in [9.17, 15) is 4.79 Å². The summed E-state index contributed by atoms with van der Waals surface area (Å²) in [5, 5.41) is 8.53. The fraction of sp³-hybridized carbons (Fsp3) is 0.250. The van der Waals surface area contributed by atoms with Crippen molar-refractivity contribution < 1.29 is 9.53 Å². The van der Waals surface area contributed by atoms with Crippen LogP contribution in [0.1, 0.15) is 17.3 Å². The SMILES string of the molecule is COc1cccc(Sc2nncn2C)c1C(C)=O. The molecular weight excluding hydrogens is 250 g/mol. The fourth-order valence-electron chi connectivity index (χ4n) is 1.58. The molecule has 1 aromatic carbocycles. The molecule has 0 saturated carbocycles. The lowest BCUT2D eigenvalue weighted by molar-refractivity contribution is 0.101. The summed E-state index contributed by atoms with van der Waals surface area (Å²) in [7, 11) is 3.41. The number of hydrogen-bond acceptors (Lipinski definition) is 5. The van der Waals surface area contributed by atoms with E-state index in [1.165, 1.54) is 18.7 Å². The highest BCUT2D eigenvalue weighted by Gasteiger charge is 2.16. The Labute approximate surface area is 109 Å². The lowest BCUT2D eigenvalue weighted by Crippen LogP contribution is -2.00. The van der Waals surface area contributed by atoms with Crippen molar-refractivity contribution in [3.63, 3.8) is 0 Å². The molecule has 1 heterocycles. The summed E-state index contributed by atoms with van der Waals surface area (Å²) >= 11 is 1.39. The molecule has 0 amide bonds. The van der Waals surface area contributed by atoms with E-state index in [1.807, 2.05) is 19.2 Å². The van der Waals surface area contributed by atoms with Crippen LogP contribution in [0.2, 0.25) is 0 Å². The van der Waals surface area contributed by atoms with E-state index >= 15 is 0 Å². The van der Waals surface area contributed by atoms with E-state index in [2.05, 4.69) is 10.2 Å². The molecule has 2 rings (SSSR count). The maximum Gasteiger partial charge on any atom is 0.195 e. The number of hydrogen-bond donors (Lipinski definition) is 0. The molecule has 5 nitrogen and oxygen atoms in total. The van der Waals surface area contributed by atoms with Crippen molar-refractivity contribution in [1.29, 1.82) is 0 Å². The molecule has 0 spiro atoms. The molecule has 94 valence electrons. The molecule has 18 heavy (non-hydrogen) atoms. The summed E-state index contributed by atoms with van der Waals surface area (Å²) < 4.78 is 7.02. The Bertz CT molecular complexity index is 580. The third-order valence-corrected chi connectivity index (χ3v) is 3.54. The monoisotopic (exact) mass is 263 g/mol. The number of aromatic nitrogens is 3. The van der Waals surface area contributed by atoms with E-state index in [-0.39, 0.29) is 5.78 Å². The minimum absolute atomic E-state index is 0.0304. The van der Waals surface area contributed by atoms with Gasteiger partial charge in [-0.1, -0.05) is 6.07 Å². The van der Waals surface area contributed by atoms with Crippen molar-refractivity contribution in [3.05, 3.63) is 30.1 Å². The molecule has 0 N–H and O–H groups in total. The number of methoxy groups -OCH3 is 1. The summed E-state index contributed by atoms with van der Waals surface area (Å²) in [4.78, 5) is 12.5. The Hall–Kier alpha value is -1.82. The van der Waals surface area contributed by atoms with Crippen LogP contribution in [0.4, 0.5) is 0 Å². The third-order valence-electron chi connectivity index (χ3n) is 2.43. The predicted octanol–water partition coefficient (Wildman–Crippen LogP) is 2.18. The Morgan fingerprint density at radius 2 is 2.22 bits per heavy atom. The molecule has 1 aromatic heterocycles. The van der Waals surface area contributed by atoms with Crippen LogP contribution in [-0.2, 0) is 7.05 Å². The number of rotatable bonds is 4. The molecule has 0 radical (unpaired) electrons. The molecule has 0 aliphatic heterocycles. The molecule has 0 bridgehead atoms. The van der Waals surface area contributed by atoms with Gasteiger partial charge < -0.3 is 9.30 Å². The first-order valence-electron chi connectivity index (χ1n) is 5.33. The first-order chi connectivity index (χ1) is 8.63. The van der Waals surface area contributed by atoms with Gasteiger partial charge in [0, 0.05) is 11.9 Å². The van der Waals surface area contributed by atoms with Crippen LogP contribution in [0.15, 0.2) is 34.6 Å². The first kappa shape index (κ1) is 12.6. The van der Waals surface area contributed by atoms with Crippen LogP contribution in [0, 0.1) is 0 Å². The summed E-state index contributed by atoms with van der Waals surface area (Å²) in [6, 6.07) is 5.50. The van der Waals surface area contributed by atoms with Crippen molar-refractivity contribution in [2.75, 3.05) is 7.11 Å². The van der Waals surface area contributed by atoms with Gasteiger partial charge >= 0.3 is 0 Å². The lowest BCUT2D eigenvalue weighted by Gasteiger charge is -2.10. The highest BCUT2D eigenvalue weighted by molar-refractivity contribution is 7.99. The normalized spacial score (nSPS) is 10.4. The van der Waals surface area contributed by atoms with Gasteiger partial charge in [-0.15, -0.1) is 10.2 Å². The van der Waals surface area contributed by atoms with E-state index in [1.54, 1.807) is 24.1 Å². The van der Waals surface area contributed by atoms with Crippen LogP contribution in [0.5, 0.6) is 5.75 Å². The number of benzene rings is 1. The summed E-state index contributed by atoms with van der Waals surface area (Å²) in [6.07, 6.45) is 1.62. The van der Waals surface area contributed by atoms with Crippen LogP contribution in [0.3, 0.4) is 0 Å². The number of Topliss-reactive ketones (excluding diaryl/α,β-unsaturated/α-hetero) is 1. The minimum atomic E-state index is -0.0304. The fourth-order valence-corrected chi connectivity index (χ4v) is 2.55. The van der Waals surface area contributed by atoms with Crippen molar-refractivity contribution in [2.24, 2.45) is 7.05 Å². The van der Waals surface area contributed by atoms with Gasteiger partial charge in [-0.25, -0.2) is 0 Å². The van der Waals surface area contributed by atoms with Gasteiger partial charge in [0.1, 0.15) is 12.1 Å². The maximum absolute atomic E-state index is 11.7. The second-order valence-electron chi connectivity index (χ2n) is 3.72. The van der Waals surface area contributed by atoms with Gasteiger partial charge in [0.15, 0.2) is 10.9 Å². The zero-order valence-corrected chi connectivity index (χ0v) is 11.2. The largest absolute Gasteiger partial charge is 0.496 e. The van der Waals surface area contributed by atoms with Crippen molar-refractivity contribution >= 4 is 17.5 Å². The number of carbonyl (C=O) groups excluding carboxylic acids is 1. The quantitative estimate of drug-likeness (QED) is 0.791. The van der Waals surface area contributed by atoms with Gasteiger partial charge in [-0.3, -0.25) is 4.79 Å². The van der Waals surface area contributed by atoms with E-state index < -0.39 is 0 Å². The molecule has 0 fully saturated rings. The van der Waals surface area contributed by atoms with Crippen LogP contribution in [-0.4, -0.2) is 27.7 Å². The van der Waals surface area contributed by atoms with Crippen LogP contribution >= 0.6 is 11.8 Å². The van der Waals surface area contributed by atoms with Gasteiger partial charge in [-0.05, 0) is 30.8 Å². The Morgan fingerprint density at radius 1 is 1.44 bits per heavy atom. The van der Waals surface area contributed by atoms with E-state index in [4.69, 9.17) is 4.74 Å². The predicted molar refractivity (Wildman–Crippen MR) is 68.1 cm³/mol. The molecule has 0 atom stereocenters. The maximum atomic E-state index is 11.7. The average Bonchev–Trinajstić information content (AvgIpc) is 2.74. The second kappa shape index (κ2) is 5.22. The number of nitrogens with zero attached hydrogens (tertiary/aromatic N) is 3. The Kier molecular flexibility index (Phi) is 3.66. The minimum Gasteiger partial charge on any atom is -0.496 e. The molecule has 0 unspecified atom stereocenters. The molecule has 0 saturated heterocycles. The summed E-state index contributed by atoms with van der Waals surface area (Å²) in [6.45, 7) is 1.53. The zero-order valence-electron chi connectivity index (χ0n) is 10.4. The van der Waals surface area contributed by atoms with Crippen molar-refractivity contribution in [3.8, 4) is 5.75 Å². The smallest absolute Gasteiger partial charge is 0.195 e. The van der Waals surface area contributed by atoms with Gasteiger partial charge in [0.05, 0.1) is 12.7 Å². The molecule has 2 aromatic rings. The van der Waals surface area contributed by atoms with E-state index in [0.717, 1.165) is 10.1 Å². The standard InChI is InChI=1S/C12H13N3O2S/c1-8(16)11-9(17-3)5-4-6-10(11)18-12-14-13-7-15(12)2/h4-7H,1-3H3. The molecule has 0 aliphatic rings. The van der Waals surface area contributed by atoms with Gasteiger partial charge in [0.2, 0.25) is 0 Å². The van der Waals surface area contributed by atoms with Crippen LogP contribution < -0.4 is 4.74 Å². The number of ether oxygens (including phenoxy) is 1. The third kappa shape index (κ3) is 2.38. The van der Waals surface area contributed by atoms with Crippen molar-refractivity contribution in [1.82, 2.24) is 14.8 Å². The number of carbonyl (C=O) groups is 1. The Balaban J connectivity index is 2.44. The number of aryl methyl sites for hydroxylation is 1. The second-order valence-corrected chi connectivity index (χ2v) is 4.73. The Morgan fingerprint density at radius 3 is 2.78 bits per heavy atom. The zero-order chi connectivity index (χ0) is 13.1. The highest BCUT2D eigenvalue weighted by Crippen LogP contribution is 2.33. The topological polar surface area (TPSA) is 57.0 Å². The van der Waals surface area contributed by atoms with Crippen molar-refractivity contribution in [2.45, 2.75) is 17.0 Å². The van der Waals surface area contributed by atoms with Gasteiger partial charge in [0.25, 0.3) is 0 Å². The summed E-state index contributed by atoms with van der Waals surface area (Å²) in [5.74, 6) is 0.548. The first-order valence-corrected chi connectivity index (χ1v) is 6.15. The lowest BCUT2D eigenvalue weighted by atomic mass is 10.1.